The average Bonchev–Trinajstić information content (AvgIpc) is 3.35. The van der Waals surface area contributed by atoms with Crippen LogP contribution < -0.4 is 5.32 Å². The van der Waals surface area contributed by atoms with Crippen LogP contribution in [0.4, 0.5) is 5.69 Å². The fourth-order valence-corrected chi connectivity index (χ4v) is 3.04. The number of benzene rings is 1. The molecule has 2 unspecified atom stereocenters. The second-order valence-corrected chi connectivity index (χ2v) is 6.27. The van der Waals surface area contributed by atoms with Crippen LogP contribution in [0.25, 0.3) is 0 Å². The minimum Gasteiger partial charge on any atom is -0.342 e. The van der Waals surface area contributed by atoms with E-state index in [-0.39, 0.29) is 23.7 Å². The zero-order chi connectivity index (χ0) is 16.8. The van der Waals surface area contributed by atoms with Crippen LogP contribution in [0.2, 0.25) is 0 Å². The first-order valence-electron chi connectivity index (χ1n) is 8.79. The van der Waals surface area contributed by atoms with Gasteiger partial charge < -0.3 is 10.2 Å². The number of aryl methyl sites for hydroxylation is 1. The summed E-state index contributed by atoms with van der Waals surface area (Å²) < 4.78 is 0. The fraction of sp³-hybridized carbons (Fsp3) is 0.579. The Labute approximate surface area is 139 Å². The van der Waals surface area contributed by atoms with Crippen molar-refractivity contribution >= 4 is 17.5 Å². The third-order valence-electron chi connectivity index (χ3n) is 4.40. The van der Waals surface area contributed by atoms with Crippen molar-refractivity contribution in [2.24, 2.45) is 11.8 Å². The van der Waals surface area contributed by atoms with Crippen LogP contribution in [-0.4, -0.2) is 29.8 Å². The van der Waals surface area contributed by atoms with Crippen molar-refractivity contribution < 1.29 is 9.59 Å². The largest absolute Gasteiger partial charge is 0.342 e. The smallest absolute Gasteiger partial charge is 0.228 e. The van der Waals surface area contributed by atoms with Crippen LogP contribution in [0, 0.1) is 11.8 Å². The monoisotopic (exact) mass is 316 g/mol. The molecule has 2 amide bonds. The Morgan fingerprint density at radius 1 is 1.09 bits per heavy atom. The van der Waals surface area contributed by atoms with Gasteiger partial charge in [-0.3, -0.25) is 9.59 Å². The van der Waals surface area contributed by atoms with E-state index in [1.54, 1.807) is 0 Å². The summed E-state index contributed by atoms with van der Waals surface area (Å²) in [6, 6.07) is 7.85. The molecular weight excluding hydrogens is 288 g/mol. The summed E-state index contributed by atoms with van der Waals surface area (Å²) in [6.07, 6.45) is 3.48. The summed E-state index contributed by atoms with van der Waals surface area (Å²) in [5, 5.41) is 3.00. The molecule has 0 bridgehead atoms. The molecule has 0 heterocycles. The number of hydrogen-bond donors (Lipinski definition) is 1. The van der Waals surface area contributed by atoms with E-state index in [0.29, 0.717) is 6.42 Å². The molecule has 4 nitrogen and oxygen atoms in total. The molecule has 1 aromatic carbocycles. The van der Waals surface area contributed by atoms with Gasteiger partial charge in [0.15, 0.2) is 0 Å². The quantitative estimate of drug-likeness (QED) is 0.798. The van der Waals surface area contributed by atoms with Gasteiger partial charge in [-0.05, 0) is 37.3 Å². The molecule has 1 aliphatic carbocycles. The molecule has 23 heavy (non-hydrogen) atoms. The lowest BCUT2D eigenvalue weighted by atomic mass is 10.1. The van der Waals surface area contributed by atoms with Gasteiger partial charge in [-0.2, -0.15) is 0 Å². The highest BCUT2D eigenvalue weighted by atomic mass is 16.2. The molecule has 0 spiro atoms. The lowest BCUT2D eigenvalue weighted by molar-refractivity contribution is -0.134. The van der Waals surface area contributed by atoms with Crippen molar-refractivity contribution in [3.63, 3.8) is 0 Å². The highest BCUT2D eigenvalue weighted by Crippen LogP contribution is 2.41. The van der Waals surface area contributed by atoms with Gasteiger partial charge in [0.2, 0.25) is 11.8 Å². The van der Waals surface area contributed by atoms with Gasteiger partial charge in [-0.15, -0.1) is 0 Å². The van der Waals surface area contributed by atoms with E-state index in [0.717, 1.165) is 43.6 Å². The maximum absolute atomic E-state index is 12.5. The Hall–Kier alpha value is -1.84. The average molecular weight is 316 g/mol. The molecule has 1 aromatic rings. The molecule has 1 aliphatic rings. The molecule has 126 valence electrons. The number of para-hydroxylation sites is 1. The third-order valence-corrected chi connectivity index (χ3v) is 4.40. The summed E-state index contributed by atoms with van der Waals surface area (Å²) in [6.45, 7) is 7.80. The van der Waals surface area contributed by atoms with Crippen LogP contribution in [0.3, 0.4) is 0 Å². The van der Waals surface area contributed by atoms with Crippen molar-refractivity contribution in [3.8, 4) is 0 Å². The minimum absolute atomic E-state index is 0.0165. The molecule has 1 fully saturated rings. The van der Waals surface area contributed by atoms with E-state index in [2.05, 4.69) is 26.1 Å². The molecule has 2 atom stereocenters. The maximum atomic E-state index is 12.5. The predicted molar refractivity (Wildman–Crippen MR) is 93.2 cm³/mol. The number of nitrogens with one attached hydrogen (secondary N) is 1. The number of nitrogens with zero attached hydrogens (tertiary/aromatic N) is 1. The Balaban J connectivity index is 1.94. The lowest BCUT2D eigenvalue weighted by Gasteiger charge is -2.21. The molecular formula is C19H28N2O2. The highest BCUT2D eigenvalue weighted by molar-refractivity contribution is 5.99. The van der Waals surface area contributed by atoms with Gasteiger partial charge in [0.25, 0.3) is 0 Å². The fourth-order valence-electron chi connectivity index (χ4n) is 3.04. The Kier molecular flexibility index (Phi) is 6.20. The second kappa shape index (κ2) is 8.14. The summed E-state index contributed by atoms with van der Waals surface area (Å²) in [5.74, 6) is -0.152. The number of hydrogen-bond acceptors (Lipinski definition) is 2. The Morgan fingerprint density at radius 2 is 1.74 bits per heavy atom. The molecule has 0 aromatic heterocycles. The van der Waals surface area contributed by atoms with Crippen LogP contribution in [0.1, 0.15) is 45.6 Å². The van der Waals surface area contributed by atoms with Crippen molar-refractivity contribution in [2.75, 3.05) is 18.4 Å². The van der Waals surface area contributed by atoms with Gasteiger partial charge in [-0.25, -0.2) is 0 Å². The third kappa shape index (κ3) is 4.34. The van der Waals surface area contributed by atoms with Crippen LogP contribution in [-0.2, 0) is 16.0 Å². The van der Waals surface area contributed by atoms with Gasteiger partial charge in [-0.1, -0.05) is 39.0 Å². The summed E-state index contributed by atoms with van der Waals surface area (Å²) in [4.78, 5) is 26.9. The number of carbonyl (C=O) groups is 2. The molecule has 0 aliphatic heterocycles. The number of amides is 2. The molecule has 0 saturated heterocycles. The SMILES string of the molecule is CCCN(CCC)C(=O)C1CC1C(=O)Nc1ccccc1CC. The summed E-state index contributed by atoms with van der Waals surface area (Å²) >= 11 is 0. The molecule has 1 saturated carbocycles. The van der Waals surface area contributed by atoms with E-state index in [1.807, 2.05) is 29.2 Å². The van der Waals surface area contributed by atoms with Crippen LogP contribution in [0.15, 0.2) is 24.3 Å². The first-order valence-corrected chi connectivity index (χ1v) is 8.79. The van der Waals surface area contributed by atoms with E-state index in [4.69, 9.17) is 0 Å². The Morgan fingerprint density at radius 3 is 2.35 bits per heavy atom. The molecule has 2 rings (SSSR count). The van der Waals surface area contributed by atoms with Gasteiger partial charge in [0.1, 0.15) is 0 Å². The zero-order valence-corrected chi connectivity index (χ0v) is 14.5. The topological polar surface area (TPSA) is 49.4 Å². The van der Waals surface area contributed by atoms with E-state index in [1.165, 1.54) is 0 Å². The van der Waals surface area contributed by atoms with Crippen LogP contribution >= 0.6 is 0 Å². The standard InChI is InChI=1S/C19H28N2O2/c1-4-11-21(12-5-2)19(23)16-13-15(16)18(22)20-17-10-8-7-9-14(17)6-3/h7-10,15-16H,4-6,11-13H2,1-3H3,(H,20,22). The van der Waals surface area contributed by atoms with Crippen molar-refractivity contribution in [1.29, 1.82) is 0 Å². The Bertz CT molecular complexity index is 550. The zero-order valence-electron chi connectivity index (χ0n) is 14.5. The first kappa shape index (κ1) is 17.5. The normalized spacial score (nSPS) is 19.3. The summed E-state index contributed by atoms with van der Waals surface area (Å²) in [7, 11) is 0. The first-order chi connectivity index (χ1) is 11.1. The van der Waals surface area contributed by atoms with Crippen molar-refractivity contribution in [3.05, 3.63) is 29.8 Å². The highest BCUT2D eigenvalue weighted by Gasteiger charge is 2.49. The van der Waals surface area contributed by atoms with Crippen LogP contribution in [0.5, 0.6) is 0 Å². The second-order valence-electron chi connectivity index (χ2n) is 6.27. The van der Waals surface area contributed by atoms with Gasteiger partial charge in [0.05, 0.1) is 11.8 Å². The van der Waals surface area contributed by atoms with Crippen molar-refractivity contribution in [1.82, 2.24) is 4.90 Å². The molecule has 0 radical (unpaired) electrons. The number of carbonyl (C=O) groups excluding carboxylic acids is 2. The van der Waals surface area contributed by atoms with E-state index in [9.17, 15) is 9.59 Å². The maximum Gasteiger partial charge on any atom is 0.228 e. The molecule has 4 heteroatoms. The van der Waals surface area contributed by atoms with Gasteiger partial charge in [0, 0.05) is 18.8 Å². The van der Waals surface area contributed by atoms with E-state index >= 15 is 0 Å². The minimum atomic E-state index is -0.163. The lowest BCUT2D eigenvalue weighted by Crippen LogP contribution is -2.34. The van der Waals surface area contributed by atoms with Gasteiger partial charge >= 0.3 is 0 Å². The number of anilines is 1. The summed E-state index contributed by atoms with van der Waals surface area (Å²) in [5.41, 5.74) is 2.00. The number of rotatable bonds is 8. The molecule has 1 N–H and O–H groups in total. The van der Waals surface area contributed by atoms with E-state index < -0.39 is 0 Å². The van der Waals surface area contributed by atoms with Crippen molar-refractivity contribution in [2.45, 2.75) is 46.5 Å². The predicted octanol–water partition coefficient (Wildman–Crippen LogP) is 3.47.